The van der Waals surface area contributed by atoms with Crippen LogP contribution in [-0.2, 0) is 4.74 Å². The summed E-state index contributed by atoms with van der Waals surface area (Å²) >= 11 is 0. The zero-order valence-corrected chi connectivity index (χ0v) is 12.7. The van der Waals surface area contributed by atoms with Crippen LogP contribution in [0.5, 0.6) is 0 Å². The van der Waals surface area contributed by atoms with Crippen LogP contribution in [0.4, 0.5) is 0 Å². The largest absolute Gasteiger partial charge is 0.375 e. The SMILES string of the molecule is CC1(C)CCC[C@]2(C)[C@H]3CCCO[C@]3(C)CC[C@@H]12. The molecule has 1 heteroatoms. The molecule has 18 heavy (non-hydrogen) atoms. The zero-order chi connectivity index (χ0) is 13.0. The van der Waals surface area contributed by atoms with E-state index in [0.717, 1.165) is 18.4 Å². The van der Waals surface area contributed by atoms with E-state index in [2.05, 4.69) is 27.7 Å². The lowest BCUT2D eigenvalue weighted by Gasteiger charge is -2.63. The Labute approximate surface area is 113 Å². The van der Waals surface area contributed by atoms with Gasteiger partial charge in [0.15, 0.2) is 0 Å². The van der Waals surface area contributed by atoms with Crippen molar-refractivity contribution in [2.24, 2.45) is 22.7 Å². The highest BCUT2D eigenvalue weighted by Crippen LogP contribution is 2.64. The summed E-state index contributed by atoms with van der Waals surface area (Å²) in [5, 5.41) is 0. The zero-order valence-electron chi connectivity index (χ0n) is 12.7. The maximum Gasteiger partial charge on any atom is 0.0687 e. The van der Waals surface area contributed by atoms with Gasteiger partial charge in [0, 0.05) is 6.61 Å². The van der Waals surface area contributed by atoms with E-state index in [1.54, 1.807) is 0 Å². The number of ether oxygens (including phenoxy) is 1. The highest BCUT2D eigenvalue weighted by Gasteiger charge is 2.59. The Kier molecular flexibility index (Phi) is 2.86. The molecule has 1 nitrogen and oxygen atoms in total. The van der Waals surface area contributed by atoms with Crippen LogP contribution in [0.2, 0.25) is 0 Å². The van der Waals surface area contributed by atoms with Gasteiger partial charge in [-0.25, -0.2) is 0 Å². The van der Waals surface area contributed by atoms with Gasteiger partial charge in [0.2, 0.25) is 0 Å². The fourth-order valence-corrected chi connectivity index (χ4v) is 6.01. The second-order valence-electron chi connectivity index (χ2n) is 8.30. The maximum absolute atomic E-state index is 6.25. The van der Waals surface area contributed by atoms with Crippen molar-refractivity contribution in [3.63, 3.8) is 0 Å². The maximum atomic E-state index is 6.25. The quantitative estimate of drug-likeness (QED) is 0.600. The van der Waals surface area contributed by atoms with E-state index in [0.29, 0.717) is 10.8 Å². The van der Waals surface area contributed by atoms with Crippen LogP contribution >= 0.6 is 0 Å². The lowest BCUT2D eigenvalue weighted by molar-refractivity contribution is -0.212. The second kappa shape index (κ2) is 3.98. The van der Waals surface area contributed by atoms with Gasteiger partial charge < -0.3 is 4.74 Å². The monoisotopic (exact) mass is 250 g/mol. The first-order valence-electron chi connectivity index (χ1n) is 8.02. The highest BCUT2D eigenvalue weighted by atomic mass is 16.5. The van der Waals surface area contributed by atoms with E-state index in [-0.39, 0.29) is 5.60 Å². The number of hydrogen-bond acceptors (Lipinski definition) is 1. The molecule has 1 aliphatic heterocycles. The number of hydrogen-bond donors (Lipinski definition) is 0. The molecule has 0 aromatic heterocycles. The molecule has 1 heterocycles. The van der Waals surface area contributed by atoms with Crippen molar-refractivity contribution in [1.82, 2.24) is 0 Å². The minimum absolute atomic E-state index is 0.191. The molecule has 0 unspecified atom stereocenters. The average molecular weight is 250 g/mol. The van der Waals surface area contributed by atoms with E-state index in [9.17, 15) is 0 Å². The summed E-state index contributed by atoms with van der Waals surface area (Å²) in [6.45, 7) is 11.0. The fraction of sp³-hybridized carbons (Fsp3) is 1.00. The normalized spacial score (nSPS) is 51.3. The van der Waals surface area contributed by atoms with Gasteiger partial charge in [0.1, 0.15) is 0 Å². The predicted molar refractivity (Wildman–Crippen MR) is 75.5 cm³/mol. The molecule has 0 bridgehead atoms. The van der Waals surface area contributed by atoms with E-state index in [1.165, 1.54) is 44.9 Å². The second-order valence-corrected chi connectivity index (χ2v) is 8.30. The van der Waals surface area contributed by atoms with Crippen LogP contribution < -0.4 is 0 Å². The lowest BCUT2D eigenvalue weighted by Crippen LogP contribution is -2.59. The molecule has 104 valence electrons. The molecule has 3 fully saturated rings. The highest BCUT2D eigenvalue weighted by molar-refractivity contribution is 5.08. The van der Waals surface area contributed by atoms with Gasteiger partial charge in [-0.3, -0.25) is 0 Å². The molecule has 1 saturated heterocycles. The summed E-state index contributed by atoms with van der Waals surface area (Å²) < 4.78 is 6.25. The first-order chi connectivity index (χ1) is 8.39. The number of rotatable bonds is 0. The molecular weight excluding hydrogens is 220 g/mol. The van der Waals surface area contributed by atoms with Gasteiger partial charge >= 0.3 is 0 Å². The van der Waals surface area contributed by atoms with Gasteiger partial charge in [-0.1, -0.05) is 27.2 Å². The molecule has 0 aromatic carbocycles. The van der Waals surface area contributed by atoms with Gasteiger partial charge in [0.05, 0.1) is 5.60 Å². The lowest BCUT2D eigenvalue weighted by atomic mass is 9.45. The van der Waals surface area contributed by atoms with Crippen molar-refractivity contribution in [3.05, 3.63) is 0 Å². The van der Waals surface area contributed by atoms with Crippen molar-refractivity contribution in [2.75, 3.05) is 6.61 Å². The number of fused-ring (bicyclic) bond motifs is 3. The molecule has 0 spiro atoms. The van der Waals surface area contributed by atoms with E-state index < -0.39 is 0 Å². The minimum atomic E-state index is 0.191. The van der Waals surface area contributed by atoms with Crippen LogP contribution in [0.3, 0.4) is 0 Å². The molecular formula is C17H30O. The Bertz CT molecular complexity index is 335. The van der Waals surface area contributed by atoms with Gasteiger partial charge in [-0.15, -0.1) is 0 Å². The van der Waals surface area contributed by atoms with Crippen molar-refractivity contribution >= 4 is 0 Å². The molecule has 4 atom stereocenters. The third-order valence-corrected chi connectivity index (χ3v) is 6.81. The topological polar surface area (TPSA) is 9.23 Å². The average Bonchev–Trinajstić information content (AvgIpc) is 2.27. The van der Waals surface area contributed by atoms with Gasteiger partial charge in [0.25, 0.3) is 0 Å². The van der Waals surface area contributed by atoms with Crippen LogP contribution in [0.1, 0.15) is 72.6 Å². The van der Waals surface area contributed by atoms with E-state index in [1.807, 2.05) is 0 Å². The molecule has 0 N–H and O–H groups in total. The third kappa shape index (κ3) is 1.69. The first-order valence-corrected chi connectivity index (χ1v) is 8.02. The molecule has 0 aromatic rings. The summed E-state index contributed by atoms with van der Waals surface area (Å²) in [6.07, 6.45) is 9.65. The Balaban J connectivity index is 1.96. The van der Waals surface area contributed by atoms with Crippen molar-refractivity contribution in [3.8, 4) is 0 Å². The molecule has 0 radical (unpaired) electrons. The predicted octanol–water partition coefficient (Wildman–Crippen LogP) is 4.80. The van der Waals surface area contributed by atoms with Crippen LogP contribution in [0.15, 0.2) is 0 Å². The van der Waals surface area contributed by atoms with Gasteiger partial charge in [-0.2, -0.15) is 0 Å². The van der Waals surface area contributed by atoms with E-state index >= 15 is 0 Å². The third-order valence-electron chi connectivity index (χ3n) is 6.81. The van der Waals surface area contributed by atoms with Crippen molar-refractivity contribution in [1.29, 1.82) is 0 Å². The molecule has 0 amide bonds. The Morgan fingerprint density at radius 2 is 1.61 bits per heavy atom. The summed E-state index contributed by atoms with van der Waals surface area (Å²) in [5.74, 6) is 1.72. The molecule has 3 rings (SSSR count). The molecule has 3 aliphatic rings. The molecule has 2 aliphatic carbocycles. The Morgan fingerprint density at radius 3 is 2.39 bits per heavy atom. The minimum Gasteiger partial charge on any atom is -0.375 e. The fourth-order valence-electron chi connectivity index (χ4n) is 6.01. The summed E-state index contributed by atoms with van der Waals surface area (Å²) in [6, 6.07) is 0. The summed E-state index contributed by atoms with van der Waals surface area (Å²) in [7, 11) is 0. The molecule has 2 saturated carbocycles. The smallest absolute Gasteiger partial charge is 0.0687 e. The van der Waals surface area contributed by atoms with Crippen LogP contribution in [0, 0.1) is 22.7 Å². The van der Waals surface area contributed by atoms with Crippen molar-refractivity contribution < 1.29 is 4.74 Å². The van der Waals surface area contributed by atoms with Crippen molar-refractivity contribution in [2.45, 2.75) is 78.2 Å². The Hall–Kier alpha value is -0.0400. The summed E-state index contributed by atoms with van der Waals surface area (Å²) in [5.41, 5.74) is 1.28. The van der Waals surface area contributed by atoms with Crippen LogP contribution in [0.25, 0.3) is 0 Å². The standard InChI is InChI=1S/C17H30O/c1-15(2)9-6-10-16(3)13(15)8-11-17(4)14(16)7-5-12-18-17/h13-14H,5-12H2,1-4H3/t13-,14+,16-,17+/m0/s1. The van der Waals surface area contributed by atoms with Crippen LogP contribution in [-0.4, -0.2) is 12.2 Å². The van der Waals surface area contributed by atoms with Gasteiger partial charge in [-0.05, 0) is 68.1 Å². The first kappa shape index (κ1) is 13.0. The Morgan fingerprint density at radius 1 is 0.833 bits per heavy atom. The van der Waals surface area contributed by atoms with E-state index in [4.69, 9.17) is 4.74 Å². The summed E-state index contributed by atoms with van der Waals surface area (Å²) in [4.78, 5) is 0.